The van der Waals surface area contributed by atoms with Crippen LogP contribution in [0.4, 0.5) is 0 Å². The third kappa shape index (κ3) is 2.84. The van der Waals surface area contributed by atoms with Crippen LogP contribution in [-0.2, 0) is 0 Å². The molecule has 0 radical (unpaired) electrons. The first-order valence-corrected chi connectivity index (χ1v) is 9.54. The molecule has 0 unspecified atom stereocenters. The van der Waals surface area contributed by atoms with Gasteiger partial charge in [-0.1, -0.05) is 66.4 Å². The Hall–Kier alpha value is -3.24. The Morgan fingerprint density at radius 1 is 0.741 bits per heavy atom. The van der Waals surface area contributed by atoms with Crippen LogP contribution in [0.3, 0.4) is 0 Å². The number of hydrogen-bond acceptors (Lipinski definition) is 3. The second-order valence-electron chi connectivity index (χ2n) is 6.32. The monoisotopic (exact) mass is 368 g/mol. The highest BCUT2D eigenvalue weighted by molar-refractivity contribution is 7.99. The maximum Gasteiger partial charge on any atom is 0.146 e. The Labute approximate surface area is 160 Å². The van der Waals surface area contributed by atoms with Crippen LogP contribution < -0.4 is 0 Å². The van der Waals surface area contributed by atoms with E-state index in [1.165, 1.54) is 0 Å². The molecular weight excluding hydrogens is 352 g/mol. The van der Waals surface area contributed by atoms with Gasteiger partial charge in [-0.05, 0) is 36.4 Å². The van der Waals surface area contributed by atoms with Crippen LogP contribution in [0.1, 0.15) is 0 Å². The summed E-state index contributed by atoms with van der Waals surface area (Å²) in [5.41, 5.74) is 3.14. The average molecular weight is 368 g/mol. The summed E-state index contributed by atoms with van der Waals surface area (Å²) >= 11 is 1.66. The molecule has 0 amide bonds. The number of nitrogens with zero attached hydrogens (tertiary/aromatic N) is 2. The molecule has 2 aromatic heterocycles. The lowest BCUT2D eigenvalue weighted by Gasteiger charge is -2.07. The van der Waals surface area contributed by atoms with E-state index in [-0.39, 0.29) is 5.75 Å². The van der Waals surface area contributed by atoms with Crippen LogP contribution in [0, 0.1) is 0 Å². The number of phenolic OH excluding ortho intramolecular Hbond substituents is 1. The van der Waals surface area contributed by atoms with Crippen molar-refractivity contribution in [2.75, 3.05) is 0 Å². The van der Waals surface area contributed by atoms with Gasteiger partial charge in [-0.25, -0.2) is 4.98 Å². The van der Waals surface area contributed by atoms with Gasteiger partial charge in [0.15, 0.2) is 0 Å². The maximum absolute atomic E-state index is 9.86. The molecule has 4 heteroatoms. The van der Waals surface area contributed by atoms with E-state index in [0.717, 1.165) is 37.7 Å². The van der Waals surface area contributed by atoms with Gasteiger partial charge >= 0.3 is 0 Å². The number of benzene rings is 3. The van der Waals surface area contributed by atoms with E-state index >= 15 is 0 Å². The second-order valence-corrected chi connectivity index (χ2v) is 7.38. The topological polar surface area (TPSA) is 37.5 Å². The Morgan fingerprint density at radius 2 is 1.44 bits per heavy atom. The fourth-order valence-corrected chi connectivity index (χ4v) is 4.22. The molecule has 0 bridgehead atoms. The van der Waals surface area contributed by atoms with Gasteiger partial charge < -0.3 is 5.11 Å². The van der Waals surface area contributed by atoms with Gasteiger partial charge in [0.25, 0.3) is 0 Å². The van der Waals surface area contributed by atoms with Crippen LogP contribution in [-0.4, -0.2) is 14.5 Å². The minimum absolute atomic E-state index is 0.266. The molecule has 0 aliphatic heterocycles. The summed E-state index contributed by atoms with van der Waals surface area (Å²) in [6.45, 7) is 0. The molecule has 0 aliphatic carbocycles. The third-order valence-corrected chi connectivity index (χ3v) is 5.54. The number of aromatic nitrogens is 2. The van der Waals surface area contributed by atoms with E-state index in [9.17, 15) is 5.11 Å². The van der Waals surface area contributed by atoms with E-state index in [2.05, 4.69) is 34.7 Å². The Kier molecular flexibility index (Phi) is 3.84. The zero-order valence-electron chi connectivity index (χ0n) is 14.4. The zero-order chi connectivity index (χ0) is 18.2. The van der Waals surface area contributed by atoms with Crippen molar-refractivity contribution >= 4 is 28.2 Å². The van der Waals surface area contributed by atoms with Gasteiger partial charge in [0.1, 0.15) is 16.6 Å². The van der Waals surface area contributed by atoms with E-state index in [1.807, 2.05) is 48.5 Å². The van der Waals surface area contributed by atoms with Gasteiger partial charge in [-0.3, -0.25) is 4.40 Å². The minimum Gasteiger partial charge on any atom is -0.508 e. The molecular formula is C23H16N2OS. The Morgan fingerprint density at radius 3 is 2.22 bits per heavy atom. The van der Waals surface area contributed by atoms with Gasteiger partial charge in [-0.2, -0.15) is 0 Å². The fraction of sp³-hybridized carbons (Fsp3) is 0. The predicted octanol–water partition coefficient (Wildman–Crippen LogP) is 6.01. The summed E-state index contributed by atoms with van der Waals surface area (Å²) in [7, 11) is 0. The molecule has 0 fully saturated rings. The van der Waals surface area contributed by atoms with Crippen molar-refractivity contribution in [1.29, 1.82) is 0 Å². The first kappa shape index (κ1) is 16.0. The van der Waals surface area contributed by atoms with E-state index in [4.69, 9.17) is 4.98 Å². The molecule has 3 aromatic carbocycles. The van der Waals surface area contributed by atoms with Crippen LogP contribution in [0.2, 0.25) is 0 Å². The number of pyridine rings is 1. The van der Waals surface area contributed by atoms with Crippen molar-refractivity contribution in [2.45, 2.75) is 9.92 Å². The molecule has 5 aromatic rings. The lowest BCUT2D eigenvalue weighted by Crippen LogP contribution is -1.91. The van der Waals surface area contributed by atoms with Crippen LogP contribution in [0.5, 0.6) is 5.75 Å². The molecule has 0 saturated heterocycles. The van der Waals surface area contributed by atoms with E-state index in [1.54, 1.807) is 23.9 Å². The molecule has 5 rings (SSSR count). The van der Waals surface area contributed by atoms with Crippen molar-refractivity contribution < 1.29 is 5.11 Å². The number of phenols is 1. The third-order valence-electron chi connectivity index (χ3n) is 4.54. The largest absolute Gasteiger partial charge is 0.508 e. The molecule has 3 nitrogen and oxygen atoms in total. The standard InChI is InChI=1S/C23H16N2OS/c26-18-12-14-20-17(15-18)11-13-21-23(27-19-9-5-2-6-10-19)24-22(25(20)21)16-7-3-1-4-8-16/h1-15,26H. The maximum atomic E-state index is 9.86. The van der Waals surface area contributed by atoms with Crippen LogP contribution >= 0.6 is 11.8 Å². The SMILES string of the molecule is Oc1ccc2c(ccc3c(Sc4ccccc4)nc(-c4ccccc4)n32)c1. The number of hydrogen-bond donors (Lipinski definition) is 1. The lowest BCUT2D eigenvalue weighted by molar-refractivity contribution is 0.476. The first-order chi connectivity index (χ1) is 13.3. The van der Waals surface area contributed by atoms with Crippen LogP contribution in [0.15, 0.2) is 101 Å². The molecule has 0 saturated carbocycles. The predicted molar refractivity (Wildman–Crippen MR) is 110 cm³/mol. The number of rotatable bonds is 3. The van der Waals surface area contributed by atoms with Crippen molar-refractivity contribution in [3.05, 3.63) is 91.0 Å². The first-order valence-electron chi connectivity index (χ1n) is 8.72. The van der Waals surface area contributed by atoms with Gasteiger partial charge in [0.05, 0.1) is 11.0 Å². The highest BCUT2D eigenvalue weighted by Gasteiger charge is 2.16. The van der Waals surface area contributed by atoms with Gasteiger partial charge in [-0.15, -0.1) is 0 Å². The normalized spacial score (nSPS) is 11.3. The number of aromatic hydroxyl groups is 1. The summed E-state index contributed by atoms with van der Waals surface area (Å²) in [5.74, 6) is 1.17. The van der Waals surface area contributed by atoms with E-state index < -0.39 is 0 Å². The molecule has 2 heterocycles. The van der Waals surface area contributed by atoms with Crippen molar-refractivity contribution in [1.82, 2.24) is 9.38 Å². The molecule has 130 valence electrons. The average Bonchev–Trinajstić information content (AvgIpc) is 3.08. The summed E-state index contributed by atoms with van der Waals surface area (Å²) < 4.78 is 2.18. The highest BCUT2D eigenvalue weighted by atomic mass is 32.2. The Bertz CT molecular complexity index is 1250. The number of fused-ring (bicyclic) bond motifs is 3. The smallest absolute Gasteiger partial charge is 0.146 e. The molecule has 0 spiro atoms. The Balaban J connectivity index is 1.81. The van der Waals surface area contributed by atoms with E-state index in [0.29, 0.717) is 0 Å². The summed E-state index contributed by atoms with van der Waals surface area (Å²) in [6, 6.07) is 30.1. The number of imidazole rings is 1. The van der Waals surface area contributed by atoms with Crippen LogP contribution in [0.25, 0.3) is 27.8 Å². The van der Waals surface area contributed by atoms with Crippen molar-refractivity contribution in [3.8, 4) is 17.1 Å². The molecule has 1 N–H and O–H groups in total. The minimum atomic E-state index is 0.266. The van der Waals surface area contributed by atoms with Gasteiger partial charge in [0, 0.05) is 15.8 Å². The van der Waals surface area contributed by atoms with Crippen molar-refractivity contribution in [3.63, 3.8) is 0 Å². The fourth-order valence-electron chi connectivity index (χ4n) is 3.31. The lowest BCUT2D eigenvalue weighted by atomic mass is 10.2. The summed E-state index contributed by atoms with van der Waals surface area (Å²) in [5, 5.41) is 11.8. The second kappa shape index (κ2) is 6.49. The molecule has 0 atom stereocenters. The zero-order valence-corrected chi connectivity index (χ0v) is 15.2. The molecule has 0 aliphatic rings. The molecule has 27 heavy (non-hydrogen) atoms. The summed E-state index contributed by atoms with van der Waals surface area (Å²) in [4.78, 5) is 6.15. The highest BCUT2D eigenvalue weighted by Crippen LogP contribution is 2.36. The van der Waals surface area contributed by atoms with Crippen molar-refractivity contribution in [2.24, 2.45) is 0 Å². The summed E-state index contributed by atoms with van der Waals surface area (Å²) in [6.07, 6.45) is 0. The van der Waals surface area contributed by atoms with Gasteiger partial charge in [0.2, 0.25) is 0 Å². The quantitative estimate of drug-likeness (QED) is 0.424.